The second-order valence-corrected chi connectivity index (χ2v) is 6.98. The molecular weight excluding hydrogens is 397 g/mol. The van der Waals surface area contributed by atoms with Crippen LogP contribution in [0.4, 0.5) is 9.18 Å². The van der Waals surface area contributed by atoms with E-state index in [1.165, 1.54) is 12.1 Å². The lowest BCUT2D eigenvalue weighted by atomic mass is 10.1. The van der Waals surface area contributed by atoms with Crippen LogP contribution in [-0.2, 0) is 20.9 Å². The molecule has 0 atom stereocenters. The molecule has 150 valence electrons. The van der Waals surface area contributed by atoms with Crippen molar-refractivity contribution in [3.8, 4) is 5.75 Å². The first kappa shape index (κ1) is 20.6. The van der Waals surface area contributed by atoms with Gasteiger partial charge >= 0.3 is 5.97 Å². The molecule has 0 aliphatic carbocycles. The minimum absolute atomic E-state index is 0.0157. The Bertz CT molecular complexity index is 975. The number of nitrogens with zero attached hydrogens (tertiary/aromatic N) is 1. The van der Waals surface area contributed by atoms with Crippen LogP contribution in [0.1, 0.15) is 18.1 Å². The average molecular weight is 415 g/mol. The Hall–Kier alpha value is -3.13. The van der Waals surface area contributed by atoms with Gasteiger partial charge in [0.25, 0.3) is 11.1 Å². The third-order valence-electron chi connectivity index (χ3n) is 4.01. The number of hydrogen-bond acceptors (Lipinski definition) is 6. The molecule has 0 bridgehead atoms. The fourth-order valence-corrected chi connectivity index (χ4v) is 3.44. The van der Waals surface area contributed by atoms with Crippen LogP contribution in [0.25, 0.3) is 6.08 Å². The van der Waals surface area contributed by atoms with Gasteiger partial charge in [-0.15, -0.1) is 0 Å². The molecule has 2 aromatic rings. The summed E-state index contributed by atoms with van der Waals surface area (Å²) in [5.74, 6) is -1.15. The van der Waals surface area contributed by atoms with Gasteiger partial charge in [-0.25, -0.2) is 4.39 Å². The summed E-state index contributed by atoms with van der Waals surface area (Å²) >= 11 is 0.738. The van der Waals surface area contributed by atoms with Gasteiger partial charge in [0.15, 0.2) is 0 Å². The molecule has 1 fully saturated rings. The van der Waals surface area contributed by atoms with Crippen molar-refractivity contribution in [1.29, 1.82) is 0 Å². The standard InChI is InChI=1S/C21H18FNO5S/c1-2-27-19(24)12-23-20(25)18(29-21(23)26)11-14-7-4-6-10-17(14)28-13-15-8-3-5-9-16(15)22/h3-11H,2,12-13H2,1H3/b18-11-. The molecule has 3 rings (SSSR count). The zero-order chi connectivity index (χ0) is 20.8. The summed E-state index contributed by atoms with van der Waals surface area (Å²) in [6.07, 6.45) is 1.52. The van der Waals surface area contributed by atoms with Crippen LogP contribution in [0, 0.1) is 5.82 Å². The summed E-state index contributed by atoms with van der Waals surface area (Å²) in [6, 6.07) is 13.2. The molecule has 0 saturated carbocycles. The molecule has 2 aromatic carbocycles. The number of carbonyl (C=O) groups excluding carboxylic acids is 3. The quantitative estimate of drug-likeness (QED) is 0.503. The Kier molecular flexibility index (Phi) is 6.66. The lowest BCUT2D eigenvalue weighted by Crippen LogP contribution is -2.34. The number of para-hydroxylation sites is 1. The number of imide groups is 1. The Morgan fingerprint density at radius 1 is 1.14 bits per heavy atom. The highest BCUT2D eigenvalue weighted by Gasteiger charge is 2.36. The maximum Gasteiger partial charge on any atom is 0.326 e. The molecular formula is C21H18FNO5S. The van der Waals surface area contributed by atoms with Gasteiger partial charge in [-0.3, -0.25) is 19.3 Å². The van der Waals surface area contributed by atoms with Gasteiger partial charge in [0, 0.05) is 11.1 Å². The van der Waals surface area contributed by atoms with Crippen molar-refractivity contribution in [3.63, 3.8) is 0 Å². The maximum atomic E-state index is 13.8. The Morgan fingerprint density at radius 3 is 2.62 bits per heavy atom. The van der Waals surface area contributed by atoms with E-state index in [1.54, 1.807) is 49.4 Å². The Balaban J connectivity index is 1.77. The molecule has 0 spiro atoms. The molecule has 1 aliphatic rings. The summed E-state index contributed by atoms with van der Waals surface area (Å²) in [4.78, 5) is 37.2. The summed E-state index contributed by atoms with van der Waals surface area (Å²) in [7, 11) is 0. The van der Waals surface area contributed by atoms with E-state index in [1.807, 2.05) is 0 Å². The predicted molar refractivity (Wildman–Crippen MR) is 106 cm³/mol. The number of hydrogen-bond donors (Lipinski definition) is 0. The number of rotatable bonds is 7. The third-order valence-corrected chi connectivity index (χ3v) is 4.92. The maximum absolute atomic E-state index is 13.8. The summed E-state index contributed by atoms with van der Waals surface area (Å²) < 4.78 is 24.3. The fourth-order valence-electron chi connectivity index (χ4n) is 2.62. The molecule has 2 amide bonds. The zero-order valence-electron chi connectivity index (χ0n) is 15.6. The number of amides is 2. The lowest BCUT2D eigenvalue weighted by Gasteiger charge is -2.11. The highest BCUT2D eigenvalue weighted by Crippen LogP contribution is 2.34. The molecule has 1 aliphatic heterocycles. The number of benzene rings is 2. The Labute approximate surface area is 171 Å². The van der Waals surface area contributed by atoms with Crippen LogP contribution in [0.2, 0.25) is 0 Å². The monoisotopic (exact) mass is 415 g/mol. The topological polar surface area (TPSA) is 72.9 Å². The van der Waals surface area contributed by atoms with Gasteiger partial charge < -0.3 is 9.47 Å². The molecule has 29 heavy (non-hydrogen) atoms. The van der Waals surface area contributed by atoms with Crippen LogP contribution >= 0.6 is 11.8 Å². The number of carbonyl (C=O) groups is 3. The van der Waals surface area contributed by atoms with Crippen LogP contribution in [-0.4, -0.2) is 35.2 Å². The summed E-state index contributed by atoms with van der Waals surface area (Å²) in [6.45, 7) is 1.39. The number of thioether (sulfide) groups is 1. The van der Waals surface area contributed by atoms with Gasteiger partial charge in [-0.2, -0.15) is 0 Å². The number of esters is 1. The van der Waals surface area contributed by atoms with E-state index in [0.717, 1.165) is 16.7 Å². The molecule has 0 aromatic heterocycles. The SMILES string of the molecule is CCOC(=O)CN1C(=O)S/C(=C\c2ccccc2OCc2ccccc2F)C1=O. The number of ether oxygens (including phenoxy) is 2. The van der Waals surface area contributed by atoms with E-state index >= 15 is 0 Å². The fraction of sp³-hybridized carbons (Fsp3) is 0.190. The molecule has 1 saturated heterocycles. The van der Waals surface area contributed by atoms with Crippen LogP contribution in [0.3, 0.4) is 0 Å². The van der Waals surface area contributed by atoms with E-state index in [4.69, 9.17) is 9.47 Å². The van der Waals surface area contributed by atoms with Crippen LogP contribution in [0.15, 0.2) is 53.4 Å². The third kappa shape index (κ3) is 5.03. The number of halogens is 1. The van der Waals surface area contributed by atoms with Crippen molar-refractivity contribution in [2.75, 3.05) is 13.2 Å². The van der Waals surface area contributed by atoms with Gasteiger partial charge in [-0.1, -0.05) is 36.4 Å². The van der Waals surface area contributed by atoms with Crippen LogP contribution < -0.4 is 4.74 Å². The van der Waals surface area contributed by atoms with E-state index in [2.05, 4.69) is 0 Å². The molecule has 8 heteroatoms. The first-order valence-corrected chi connectivity index (χ1v) is 9.67. The van der Waals surface area contributed by atoms with Gasteiger partial charge in [0.1, 0.15) is 24.7 Å². The predicted octanol–water partition coefficient (Wildman–Crippen LogP) is 4.00. The highest BCUT2D eigenvalue weighted by molar-refractivity contribution is 8.18. The van der Waals surface area contributed by atoms with Crippen molar-refractivity contribution in [2.24, 2.45) is 0 Å². The van der Waals surface area contributed by atoms with E-state index in [0.29, 0.717) is 16.9 Å². The molecule has 1 heterocycles. The molecule has 0 N–H and O–H groups in total. The van der Waals surface area contributed by atoms with Crippen molar-refractivity contribution in [2.45, 2.75) is 13.5 Å². The summed E-state index contributed by atoms with van der Waals surface area (Å²) in [5.41, 5.74) is 0.961. The minimum Gasteiger partial charge on any atom is -0.488 e. The smallest absolute Gasteiger partial charge is 0.326 e. The zero-order valence-corrected chi connectivity index (χ0v) is 16.4. The van der Waals surface area contributed by atoms with Gasteiger partial charge in [-0.05, 0) is 36.9 Å². The Morgan fingerprint density at radius 2 is 1.86 bits per heavy atom. The second-order valence-electron chi connectivity index (χ2n) is 5.99. The lowest BCUT2D eigenvalue weighted by molar-refractivity contribution is -0.145. The molecule has 6 nitrogen and oxygen atoms in total. The molecule has 0 radical (unpaired) electrons. The van der Waals surface area contributed by atoms with E-state index in [-0.39, 0.29) is 23.9 Å². The average Bonchev–Trinajstić information content (AvgIpc) is 2.96. The van der Waals surface area contributed by atoms with Gasteiger partial charge in [0.2, 0.25) is 0 Å². The van der Waals surface area contributed by atoms with E-state index < -0.39 is 23.7 Å². The highest BCUT2D eigenvalue weighted by atomic mass is 32.2. The first-order valence-electron chi connectivity index (χ1n) is 8.85. The molecule has 0 unspecified atom stereocenters. The van der Waals surface area contributed by atoms with Crippen molar-refractivity contribution >= 4 is 35.0 Å². The van der Waals surface area contributed by atoms with Gasteiger partial charge in [0.05, 0.1) is 11.5 Å². The van der Waals surface area contributed by atoms with Crippen molar-refractivity contribution < 1.29 is 28.2 Å². The first-order chi connectivity index (χ1) is 14.0. The minimum atomic E-state index is -0.648. The van der Waals surface area contributed by atoms with Crippen molar-refractivity contribution in [1.82, 2.24) is 4.90 Å². The summed E-state index contributed by atoms with van der Waals surface area (Å²) in [5, 5.41) is -0.543. The second kappa shape index (κ2) is 9.38. The van der Waals surface area contributed by atoms with Crippen molar-refractivity contribution in [3.05, 3.63) is 70.4 Å². The van der Waals surface area contributed by atoms with Crippen LogP contribution in [0.5, 0.6) is 5.75 Å². The normalized spacial score (nSPS) is 15.1. The largest absolute Gasteiger partial charge is 0.488 e. The van der Waals surface area contributed by atoms with E-state index in [9.17, 15) is 18.8 Å².